The summed E-state index contributed by atoms with van der Waals surface area (Å²) in [5.74, 6) is 0.646. The summed E-state index contributed by atoms with van der Waals surface area (Å²) in [6.45, 7) is 7.73. The Bertz CT molecular complexity index is 637. The van der Waals surface area contributed by atoms with E-state index in [0.29, 0.717) is 0 Å². The summed E-state index contributed by atoms with van der Waals surface area (Å²) < 4.78 is 5.81. The Morgan fingerprint density at radius 3 is 2.41 bits per heavy atom. The molecule has 0 aliphatic rings. The van der Waals surface area contributed by atoms with Gasteiger partial charge in [0, 0.05) is 0 Å². The summed E-state index contributed by atoms with van der Waals surface area (Å²) in [4.78, 5) is 12.3. The van der Waals surface area contributed by atoms with Crippen molar-refractivity contribution in [3.63, 3.8) is 0 Å². The van der Waals surface area contributed by atoms with Crippen LogP contribution in [0.15, 0.2) is 48.5 Å². The van der Waals surface area contributed by atoms with Crippen LogP contribution in [-0.2, 0) is 4.79 Å². The maximum Gasteiger partial charge on any atom is 0.261 e. The van der Waals surface area contributed by atoms with Gasteiger partial charge in [0.25, 0.3) is 5.91 Å². The molecule has 0 spiro atoms. The predicted octanol–water partition coefficient (Wildman–Crippen LogP) is 3.95. The molecule has 0 unspecified atom stereocenters. The van der Waals surface area contributed by atoms with Gasteiger partial charge in [-0.15, -0.1) is 0 Å². The minimum Gasteiger partial charge on any atom is -0.481 e. The van der Waals surface area contributed by atoms with E-state index < -0.39 is 6.10 Å². The van der Waals surface area contributed by atoms with E-state index in [0.717, 1.165) is 22.4 Å². The van der Waals surface area contributed by atoms with Crippen LogP contribution in [0.25, 0.3) is 0 Å². The number of ether oxygens (including phenoxy) is 1. The number of nitrogens with one attached hydrogen (secondary N) is 1. The van der Waals surface area contributed by atoms with Crippen LogP contribution in [0.1, 0.15) is 36.6 Å². The first-order valence-electron chi connectivity index (χ1n) is 7.56. The van der Waals surface area contributed by atoms with Gasteiger partial charge in [0.15, 0.2) is 6.10 Å². The fourth-order valence-corrected chi connectivity index (χ4v) is 2.23. The minimum absolute atomic E-state index is 0.0432. The molecule has 0 aliphatic carbocycles. The van der Waals surface area contributed by atoms with Crippen LogP contribution >= 0.6 is 0 Å². The van der Waals surface area contributed by atoms with Crippen molar-refractivity contribution in [1.82, 2.24) is 5.32 Å². The van der Waals surface area contributed by atoms with Gasteiger partial charge in [0.2, 0.25) is 0 Å². The van der Waals surface area contributed by atoms with E-state index in [2.05, 4.69) is 5.32 Å². The molecule has 2 rings (SSSR count). The van der Waals surface area contributed by atoms with Crippen molar-refractivity contribution in [3.8, 4) is 5.75 Å². The molecule has 1 N–H and O–H groups in total. The number of hydrogen-bond acceptors (Lipinski definition) is 2. The highest BCUT2D eigenvalue weighted by molar-refractivity contribution is 5.81. The summed E-state index contributed by atoms with van der Waals surface area (Å²) in [5, 5.41) is 2.99. The number of aryl methyl sites for hydroxylation is 2. The van der Waals surface area contributed by atoms with E-state index in [-0.39, 0.29) is 11.9 Å². The van der Waals surface area contributed by atoms with E-state index in [4.69, 9.17) is 4.74 Å². The lowest BCUT2D eigenvalue weighted by Crippen LogP contribution is -2.37. The number of benzene rings is 2. The molecule has 3 heteroatoms. The van der Waals surface area contributed by atoms with Crippen molar-refractivity contribution in [2.45, 2.75) is 39.8 Å². The standard InChI is InChI=1S/C19H23NO2/c1-13-10-11-14(2)18(12-13)22-16(4)19(21)20-15(3)17-8-6-5-7-9-17/h5-12,15-16H,1-4H3,(H,20,21)/t15-,16-/m1/s1. The summed E-state index contributed by atoms with van der Waals surface area (Å²) >= 11 is 0. The maximum atomic E-state index is 12.3. The van der Waals surface area contributed by atoms with Crippen LogP contribution in [0, 0.1) is 13.8 Å². The number of carbonyl (C=O) groups excluding carboxylic acids is 1. The third-order valence-corrected chi connectivity index (χ3v) is 3.67. The SMILES string of the molecule is Cc1ccc(C)c(O[C@H](C)C(=O)N[C@H](C)c2ccccc2)c1. The van der Waals surface area contributed by atoms with Gasteiger partial charge in [-0.25, -0.2) is 0 Å². The van der Waals surface area contributed by atoms with E-state index in [1.54, 1.807) is 6.92 Å². The van der Waals surface area contributed by atoms with Gasteiger partial charge in [-0.2, -0.15) is 0 Å². The average molecular weight is 297 g/mol. The zero-order chi connectivity index (χ0) is 16.1. The highest BCUT2D eigenvalue weighted by Gasteiger charge is 2.18. The molecule has 0 bridgehead atoms. The van der Waals surface area contributed by atoms with Crippen molar-refractivity contribution in [3.05, 3.63) is 65.2 Å². The van der Waals surface area contributed by atoms with Gasteiger partial charge in [-0.05, 0) is 50.5 Å². The van der Waals surface area contributed by atoms with Gasteiger partial charge in [-0.3, -0.25) is 4.79 Å². The van der Waals surface area contributed by atoms with Crippen molar-refractivity contribution >= 4 is 5.91 Å². The predicted molar refractivity (Wildman–Crippen MR) is 89.0 cm³/mol. The quantitative estimate of drug-likeness (QED) is 0.907. The summed E-state index contributed by atoms with van der Waals surface area (Å²) in [7, 11) is 0. The van der Waals surface area contributed by atoms with Crippen molar-refractivity contribution in [2.24, 2.45) is 0 Å². The molecular formula is C19H23NO2. The van der Waals surface area contributed by atoms with Crippen molar-refractivity contribution < 1.29 is 9.53 Å². The molecule has 0 aromatic heterocycles. The molecule has 0 saturated heterocycles. The lowest BCUT2D eigenvalue weighted by molar-refractivity contribution is -0.127. The van der Waals surface area contributed by atoms with Crippen LogP contribution in [0.5, 0.6) is 5.75 Å². The van der Waals surface area contributed by atoms with E-state index in [9.17, 15) is 4.79 Å². The first kappa shape index (κ1) is 16.1. The number of rotatable bonds is 5. The molecular weight excluding hydrogens is 274 g/mol. The molecule has 116 valence electrons. The van der Waals surface area contributed by atoms with Crippen molar-refractivity contribution in [1.29, 1.82) is 0 Å². The van der Waals surface area contributed by atoms with Crippen LogP contribution in [0.2, 0.25) is 0 Å². The molecule has 0 aliphatic heterocycles. The fourth-order valence-electron chi connectivity index (χ4n) is 2.23. The van der Waals surface area contributed by atoms with Gasteiger partial charge < -0.3 is 10.1 Å². The lowest BCUT2D eigenvalue weighted by atomic mass is 10.1. The normalized spacial score (nSPS) is 13.3. The molecule has 0 radical (unpaired) electrons. The molecule has 22 heavy (non-hydrogen) atoms. The third kappa shape index (κ3) is 4.10. The third-order valence-electron chi connectivity index (χ3n) is 3.67. The first-order valence-corrected chi connectivity index (χ1v) is 7.56. The zero-order valence-corrected chi connectivity index (χ0v) is 13.6. The molecule has 0 saturated carbocycles. The van der Waals surface area contributed by atoms with Gasteiger partial charge >= 0.3 is 0 Å². The summed E-state index contributed by atoms with van der Waals surface area (Å²) in [6, 6.07) is 15.8. The van der Waals surface area contributed by atoms with Crippen LogP contribution in [0.3, 0.4) is 0 Å². The Kier molecular flexibility index (Phi) is 5.21. The van der Waals surface area contributed by atoms with Gasteiger partial charge in [0.1, 0.15) is 5.75 Å². The highest BCUT2D eigenvalue weighted by atomic mass is 16.5. The fraction of sp³-hybridized carbons (Fsp3) is 0.316. The second-order valence-corrected chi connectivity index (χ2v) is 5.67. The topological polar surface area (TPSA) is 38.3 Å². The highest BCUT2D eigenvalue weighted by Crippen LogP contribution is 2.21. The Balaban J connectivity index is 1.99. The van der Waals surface area contributed by atoms with E-state index >= 15 is 0 Å². The minimum atomic E-state index is -0.535. The average Bonchev–Trinajstić information content (AvgIpc) is 2.51. The molecule has 2 aromatic carbocycles. The number of hydrogen-bond donors (Lipinski definition) is 1. The monoisotopic (exact) mass is 297 g/mol. The molecule has 0 fully saturated rings. The Labute approximate surface area is 132 Å². The molecule has 2 aromatic rings. The Morgan fingerprint density at radius 2 is 1.73 bits per heavy atom. The van der Waals surface area contributed by atoms with Gasteiger partial charge in [-0.1, -0.05) is 42.5 Å². The Morgan fingerprint density at radius 1 is 1.05 bits per heavy atom. The summed E-state index contributed by atoms with van der Waals surface area (Å²) in [6.07, 6.45) is -0.535. The van der Waals surface area contributed by atoms with Crippen LogP contribution < -0.4 is 10.1 Å². The number of amides is 1. The van der Waals surface area contributed by atoms with E-state index in [1.807, 2.05) is 69.3 Å². The smallest absolute Gasteiger partial charge is 0.261 e. The molecule has 0 heterocycles. The first-order chi connectivity index (χ1) is 10.5. The largest absolute Gasteiger partial charge is 0.481 e. The second kappa shape index (κ2) is 7.12. The zero-order valence-electron chi connectivity index (χ0n) is 13.6. The Hall–Kier alpha value is -2.29. The molecule has 2 atom stereocenters. The molecule has 3 nitrogen and oxygen atoms in total. The second-order valence-electron chi connectivity index (χ2n) is 5.67. The van der Waals surface area contributed by atoms with Crippen molar-refractivity contribution in [2.75, 3.05) is 0 Å². The summed E-state index contributed by atoms with van der Waals surface area (Å²) in [5.41, 5.74) is 3.22. The molecule has 1 amide bonds. The lowest BCUT2D eigenvalue weighted by Gasteiger charge is -2.20. The maximum absolute atomic E-state index is 12.3. The van der Waals surface area contributed by atoms with Crippen LogP contribution in [0.4, 0.5) is 0 Å². The van der Waals surface area contributed by atoms with E-state index in [1.165, 1.54) is 0 Å². The van der Waals surface area contributed by atoms with Crippen LogP contribution in [-0.4, -0.2) is 12.0 Å². The number of carbonyl (C=O) groups is 1. The van der Waals surface area contributed by atoms with Gasteiger partial charge in [0.05, 0.1) is 6.04 Å².